The molecule has 0 aliphatic carbocycles. The molecule has 2 heterocycles. The fourth-order valence-electron chi connectivity index (χ4n) is 2.18. The van der Waals surface area contributed by atoms with E-state index in [4.69, 9.17) is 4.74 Å². The van der Waals surface area contributed by atoms with Gasteiger partial charge in [0.2, 0.25) is 5.91 Å². The monoisotopic (exact) mass is 252 g/mol. The van der Waals surface area contributed by atoms with Gasteiger partial charge in [0, 0.05) is 44.7 Å². The molecule has 1 aliphatic rings. The lowest BCUT2D eigenvalue weighted by atomic mass is 10.0. The molecule has 1 aromatic heterocycles. The van der Waals surface area contributed by atoms with Gasteiger partial charge in [0.1, 0.15) is 6.61 Å². The summed E-state index contributed by atoms with van der Waals surface area (Å²) >= 11 is 0. The second-order valence-corrected chi connectivity index (χ2v) is 4.55. The fourth-order valence-corrected chi connectivity index (χ4v) is 2.18. The van der Waals surface area contributed by atoms with Crippen molar-refractivity contribution >= 4 is 5.91 Å². The van der Waals surface area contributed by atoms with Crippen LogP contribution in [0.25, 0.3) is 0 Å². The van der Waals surface area contributed by atoms with Crippen LogP contribution < -0.4 is 5.32 Å². The van der Waals surface area contributed by atoms with E-state index < -0.39 is 0 Å². The fraction of sp³-hybridized carbons (Fsp3) is 0.667. The van der Waals surface area contributed by atoms with Gasteiger partial charge in [0.15, 0.2) is 0 Å². The van der Waals surface area contributed by atoms with Crippen molar-refractivity contribution in [2.45, 2.75) is 25.4 Å². The molecular formula is C12H20N4O2. The molecule has 0 unspecified atom stereocenters. The first-order chi connectivity index (χ1) is 8.79. The Balaban J connectivity index is 1.68. The van der Waals surface area contributed by atoms with Crippen molar-refractivity contribution in [3.8, 4) is 0 Å². The molecule has 1 aromatic rings. The first kappa shape index (κ1) is 13.0. The van der Waals surface area contributed by atoms with Crippen LogP contribution in [0.1, 0.15) is 18.5 Å². The van der Waals surface area contributed by atoms with E-state index in [2.05, 4.69) is 15.3 Å². The van der Waals surface area contributed by atoms with Gasteiger partial charge in [-0.3, -0.25) is 4.79 Å². The van der Waals surface area contributed by atoms with Crippen molar-refractivity contribution in [1.29, 1.82) is 0 Å². The minimum atomic E-state index is 0.0875. The van der Waals surface area contributed by atoms with E-state index in [1.54, 1.807) is 13.4 Å². The Kier molecular flexibility index (Phi) is 4.72. The summed E-state index contributed by atoms with van der Waals surface area (Å²) in [6, 6.07) is 0.472. The number of piperidine rings is 1. The summed E-state index contributed by atoms with van der Waals surface area (Å²) in [5.41, 5.74) is 1.09. The van der Waals surface area contributed by atoms with Gasteiger partial charge in [0.25, 0.3) is 0 Å². The zero-order valence-electron chi connectivity index (χ0n) is 10.7. The van der Waals surface area contributed by atoms with E-state index >= 15 is 0 Å². The van der Waals surface area contributed by atoms with Crippen LogP contribution in [0.15, 0.2) is 12.5 Å². The predicted octanol–water partition coefficient (Wildman–Crippen LogP) is 0.137. The third-order valence-corrected chi connectivity index (χ3v) is 3.25. The minimum Gasteiger partial charge on any atom is -0.375 e. The van der Waals surface area contributed by atoms with Crippen molar-refractivity contribution in [1.82, 2.24) is 20.2 Å². The molecule has 1 fully saturated rings. The molecule has 0 atom stereocenters. The van der Waals surface area contributed by atoms with Gasteiger partial charge >= 0.3 is 0 Å². The van der Waals surface area contributed by atoms with Crippen LogP contribution in [0.5, 0.6) is 0 Å². The smallest absolute Gasteiger partial charge is 0.248 e. The van der Waals surface area contributed by atoms with E-state index in [1.807, 2.05) is 11.1 Å². The third-order valence-electron chi connectivity index (χ3n) is 3.25. The molecule has 0 aromatic carbocycles. The van der Waals surface area contributed by atoms with Crippen molar-refractivity contribution in [2.75, 3.05) is 26.8 Å². The van der Waals surface area contributed by atoms with Gasteiger partial charge in [-0.2, -0.15) is 0 Å². The zero-order valence-corrected chi connectivity index (χ0v) is 10.7. The van der Waals surface area contributed by atoms with Gasteiger partial charge in [-0.15, -0.1) is 0 Å². The Morgan fingerprint density at radius 3 is 3.00 bits per heavy atom. The highest BCUT2D eigenvalue weighted by Gasteiger charge is 2.22. The molecule has 6 heteroatoms. The number of H-pyrrole nitrogens is 1. The number of nitrogens with zero attached hydrogens (tertiary/aromatic N) is 2. The highest BCUT2D eigenvalue weighted by molar-refractivity contribution is 5.77. The number of amides is 1. The molecule has 1 aliphatic heterocycles. The first-order valence-corrected chi connectivity index (χ1v) is 6.27. The number of aromatic amines is 1. The molecule has 100 valence electrons. The Morgan fingerprint density at radius 1 is 1.61 bits per heavy atom. The number of carbonyl (C=O) groups is 1. The summed E-state index contributed by atoms with van der Waals surface area (Å²) < 4.78 is 4.86. The number of aromatic nitrogens is 2. The second kappa shape index (κ2) is 6.51. The predicted molar refractivity (Wildman–Crippen MR) is 66.9 cm³/mol. The summed E-state index contributed by atoms with van der Waals surface area (Å²) in [4.78, 5) is 20.5. The molecule has 1 amide bonds. The van der Waals surface area contributed by atoms with Crippen molar-refractivity contribution in [3.05, 3.63) is 18.2 Å². The van der Waals surface area contributed by atoms with Crippen LogP contribution in [0.3, 0.4) is 0 Å². The van der Waals surface area contributed by atoms with Crippen LogP contribution >= 0.6 is 0 Å². The molecule has 6 nitrogen and oxygen atoms in total. The largest absolute Gasteiger partial charge is 0.375 e. The van der Waals surface area contributed by atoms with Crippen LogP contribution in [0, 0.1) is 0 Å². The topological polar surface area (TPSA) is 70.2 Å². The highest BCUT2D eigenvalue weighted by Crippen LogP contribution is 2.11. The number of imidazole rings is 1. The van der Waals surface area contributed by atoms with E-state index in [0.717, 1.165) is 38.2 Å². The van der Waals surface area contributed by atoms with Crippen LogP contribution in [-0.2, 0) is 16.1 Å². The number of rotatable bonds is 5. The second-order valence-electron chi connectivity index (χ2n) is 4.55. The molecule has 0 spiro atoms. The maximum Gasteiger partial charge on any atom is 0.248 e. The summed E-state index contributed by atoms with van der Waals surface area (Å²) in [5.74, 6) is 0.0875. The molecular weight excluding hydrogens is 232 g/mol. The molecule has 1 saturated heterocycles. The van der Waals surface area contributed by atoms with Crippen LogP contribution in [0.4, 0.5) is 0 Å². The lowest BCUT2D eigenvalue weighted by Gasteiger charge is -2.32. The number of methoxy groups -OCH3 is 1. The Morgan fingerprint density at radius 2 is 2.39 bits per heavy atom. The van der Waals surface area contributed by atoms with Crippen molar-refractivity contribution in [2.24, 2.45) is 0 Å². The van der Waals surface area contributed by atoms with Crippen LogP contribution in [0.2, 0.25) is 0 Å². The summed E-state index contributed by atoms with van der Waals surface area (Å²) in [7, 11) is 1.55. The minimum absolute atomic E-state index is 0.0875. The van der Waals surface area contributed by atoms with E-state index in [9.17, 15) is 4.79 Å². The quantitative estimate of drug-likeness (QED) is 0.782. The SMILES string of the molecule is COCC(=O)N1CCC(NCc2cnc[nH]2)CC1. The average molecular weight is 252 g/mol. The molecule has 2 rings (SSSR count). The van der Waals surface area contributed by atoms with E-state index in [0.29, 0.717) is 6.04 Å². The number of ether oxygens (including phenoxy) is 1. The normalized spacial score (nSPS) is 17.1. The standard InChI is InChI=1S/C12H20N4O2/c1-18-8-12(17)16-4-2-10(3-5-16)14-7-11-6-13-9-15-11/h6,9-10,14H,2-5,7-8H2,1H3,(H,13,15). The lowest BCUT2D eigenvalue weighted by molar-refractivity contribution is -0.136. The van der Waals surface area contributed by atoms with E-state index in [-0.39, 0.29) is 12.5 Å². The third kappa shape index (κ3) is 3.54. The Bertz CT molecular complexity index is 358. The number of hydrogen-bond acceptors (Lipinski definition) is 4. The Labute approximate surface area is 107 Å². The first-order valence-electron chi connectivity index (χ1n) is 6.27. The van der Waals surface area contributed by atoms with Crippen molar-refractivity contribution < 1.29 is 9.53 Å². The number of carbonyl (C=O) groups excluding carboxylic acids is 1. The highest BCUT2D eigenvalue weighted by atomic mass is 16.5. The number of likely N-dealkylation sites (tertiary alicyclic amines) is 1. The summed E-state index contributed by atoms with van der Waals surface area (Å²) in [5, 5.41) is 3.47. The van der Waals surface area contributed by atoms with Gasteiger partial charge in [-0.1, -0.05) is 0 Å². The summed E-state index contributed by atoms with van der Waals surface area (Å²) in [6.07, 6.45) is 5.49. The van der Waals surface area contributed by atoms with Gasteiger partial charge < -0.3 is 19.9 Å². The molecule has 0 bridgehead atoms. The average Bonchev–Trinajstić information content (AvgIpc) is 2.90. The molecule has 0 radical (unpaired) electrons. The number of hydrogen-bond donors (Lipinski definition) is 2. The lowest BCUT2D eigenvalue weighted by Crippen LogP contribution is -2.45. The Hall–Kier alpha value is -1.40. The van der Waals surface area contributed by atoms with Gasteiger partial charge in [-0.25, -0.2) is 4.98 Å². The van der Waals surface area contributed by atoms with Crippen molar-refractivity contribution in [3.63, 3.8) is 0 Å². The van der Waals surface area contributed by atoms with E-state index in [1.165, 1.54) is 0 Å². The maximum absolute atomic E-state index is 11.6. The number of nitrogens with one attached hydrogen (secondary N) is 2. The van der Waals surface area contributed by atoms with Crippen LogP contribution in [-0.4, -0.2) is 53.6 Å². The van der Waals surface area contributed by atoms with Gasteiger partial charge in [-0.05, 0) is 12.8 Å². The molecule has 18 heavy (non-hydrogen) atoms. The van der Waals surface area contributed by atoms with Gasteiger partial charge in [0.05, 0.1) is 6.33 Å². The zero-order chi connectivity index (χ0) is 12.8. The molecule has 2 N–H and O–H groups in total. The summed E-state index contributed by atoms with van der Waals surface area (Å²) in [6.45, 7) is 2.61. The maximum atomic E-state index is 11.6. The molecule has 0 saturated carbocycles.